The van der Waals surface area contributed by atoms with E-state index in [1.54, 1.807) is 10.4 Å². The molecule has 8 heteroatoms. The fourth-order valence-corrected chi connectivity index (χ4v) is 5.73. The standard InChI is InChI=1S/C14H17N3O3S2/c1-9-12(22(18,19)17-6-2-3-7-17)8-11(21-9)13-15-14(20-16-13)10-4-5-10/h8,10H,2-7H2,1H3. The minimum Gasteiger partial charge on any atom is -0.339 e. The predicted molar refractivity (Wildman–Crippen MR) is 82.3 cm³/mol. The lowest BCUT2D eigenvalue weighted by atomic mass is 10.4. The van der Waals surface area contributed by atoms with Gasteiger partial charge in [0, 0.05) is 23.9 Å². The van der Waals surface area contributed by atoms with Gasteiger partial charge >= 0.3 is 0 Å². The van der Waals surface area contributed by atoms with Crippen LogP contribution in [-0.2, 0) is 10.0 Å². The van der Waals surface area contributed by atoms with Crippen LogP contribution in [0, 0.1) is 6.92 Å². The number of rotatable bonds is 4. The molecule has 2 aliphatic rings. The second-order valence-electron chi connectivity index (χ2n) is 5.87. The minimum atomic E-state index is -3.40. The normalized spacial score (nSPS) is 19.9. The Labute approximate surface area is 133 Å². The van der Waals surface area contributed by atoms with Crippen LogP contribution >= 0.6 is 11.3 Å². The van der Waals surface area contributed by atoms with Gasteiger partial charge in [-0.3, -0.25) is 0 Å². The number of aryl methyl sites for hydroxylation is 1. The molecule has 3 heterocycles. The third kappa shape index (κ3) is 2.39. The van der Waals surface area contributed by atoms with Crippen LogP contribution in [0.1, 0.15) is 42.4 Å². The second-order valence-corrected chi connectivity index (χ2v) is 9.04. The summed E-state index contributed by atoms with van der Waals surface area (Å²) in [5.74, 6) is 1.57. The molecule has 1 saturated heterocycles. The van der Waals surface area contributed by atoms with Crippen LogP contribution in [0.25, 0.3) is 10.7 Å². The van der Waals surface area contributed by atoms with Gasteiger partial charge in [0.1, 0.15) is 0 Å². The van der Waals surface area contributed by atoms with E-state index >= 15 is 0 Å². The van der Waals surface area contributed by atoms with Crippen LogP contribution < -0.4 is 0 Å². The van der Waals surface area contributed by atoms with Gasteiger partial charge < -0.3 is 4.52 Å². The molecule has 0 radical (unpaired) electrons. The summed E-state index contributed by atoms with van der Waals surface area (Å²) in [4.78, 5) is 6.32. The molecular formula is C14H17N3O3S2. The maximum atomic E-state index is 12.7. The molecule has 0 bridgehead atoms. The molecule has 0 spiro atoms. The molecule has 1 aliphatic heterocycles. The molecule has 2 aromatic heterocycles. The van der Waals surface area contributed by atoms with E-state index in [0.717, 1.165) is 35.4 Å². The highest BCUT2D eigenvalue weighted by Crippen LogP contribution is 2.40. The average Bonchev–Trinajstić information content (AvgIpc) is 2.96. The smallest absolute Gasteiger partial charge is 0.244 e. The van der Waals surface area contributed by atoms with Crippen molar-refractivity contribution in [2.75, 3.05) is 13.1 Å². The Morgan fingerprint density at radius 3 is 2.73 bits per heavy atom. The number of aromatic nitrogens is 2. The first-order valence-electron chi connectivity index (χ1n) is 7.50. The maximum absolute atomic E-state index is 12.7. The summed E-state index contributed by atoms with van der Waals surface area (Å²) in [5, 5.41) is 4.00. The molecule has 118 valence electrons. The van der Waals surface area contributed by atoms with Crippen molar-refractivity contribution in [3.63, 3.8) is 0 Å². The summed E-state index contributed by atoms with van der Waals surface area (Å²) < 4.78 is 32.2. The highest BCUT2D eigenvalue weighted by molar-refractivity contribution is 7.89. The summed E-state index contributed by atoms with van der Waals surface area (Å²) in [6, 6.07) is 1.69. The minimum absolute atomic E-state index is 0.382. The average molecular weight is 339 g/mol. The largest absolute Gasteiger partial charge is 0.339 e. The van der Waals surface area contributed by atoms with Crippen molar-refractivity contribution in [2.45, 2.75) is 43.4 Å². The summed E-state index contributed by atoms with van der Waals surface area (Å²) in [6.45, 7) is 3.06. The zero-order valence-electron chi connectivity index (χ0n) is 12.3. The third-order valence-corrected chi connectivity index (χ3v) is 7.34. The van der Waals surface area contributed by atoms with E-state index in [1.807, 2.05) is 6.92 Å². The van der Waals surface area contributed by atoms with Gasteiger partial charge in [-0.25, -0.2) is 8.42 Å². The molecule has 2 aromatic rings. The molecule has 6 nitrogen and oxygen atoms in total. The zero-order chi connectivity index (χ0) is 15.3. The molecule has 0 unspecified atom stereocenters. The topological polar surface area (TPSA) is 76.3 Å². The fraction of sp³-hybridized carbons (Fsp3) is 0.571. The highest BCUT2D eigenvalue weighted by Gasteiger charge is 2.32. The lowest BCUT2D eigenvalue weighted by molar-refractivity contribution is 0.380. The molecule has 0 N–H and O–H groups in total. The number of thiophene rings is 1. The molecular weight excluding hydrogens is 322 g/mol. The summed E-state index contributed by atoms with van der Waals surface area (Å²) >= 11 is 1.41. The van der Waals surface area contributed by atoms with Crippen LogP contribution in [0.3, 0.4) is 0 Å². The Bertz CT molecular complexity index is 799. The Morgan fingerprint density at radius 2 is 2.05 bits per heavy atom. The van der Waals surface area contributed by atoms with Crippen LogP contribution in [0.4, 0.5) is 0 Å². The van der Waals surface area contributed by atoms with Crippen molar-refractivity contribution in [3.05, 3.63) is 16.8 Å². The SMILES string of the molecule is Cc1sc(-c2noc(C3CC3)n2)cc1S(=O)(=O)N1CCCC1. The van der Waals surface area contributed by atoms with Gasteiger partial charge in [0.15, 0.2) is 0 Å². The third-order valence-electron chi connectivity index (χ3n) is 4.14. The van der Waals surface area contributed by atoms with E-state index in [1.165, 1.54) is 11.3 Å². The van der Waals surface area contributed by atoms with Gasteiger partial charge in [0.2, 0.25) is 21.7 Å². The molecule has 0 atom stereocenters. The maximum Gasteiger partial charge on any atom is 0.244 e. The van der Waals surface area contributed by atoms with Crippen LogP contribution in [0.2, 0.25) is 0 Å². The van der Waals surface area contributed by atoms with Crippen molar-refractivity contribution < 1.29 is 12.9 Å². The Balaban J connectivity index is 1.68. The lowest BCUT2D eigenvalue weighted by Gasteiger charge is -2.14. The van der Waals surface area contributed by atoms with Crippen LogP contribution in [0.15, 0.2) is 15.5 Å². The van der Waals surface area contributed by atoms with Gasteiger partial charge in [-0.1, -0.05) is 5.16 Å². The Kier molecular flexibility index (Phi) is 3.35. The summed E-state index contributed by atoms with van der Waals surface area (Å²) in [6.07, 6.45) is 4.06. The molecule has 4 rings (SSSR count). The van der Waals surface area contributed by atoms with E-state index in [0.29, 0.717) is 35.6 Å². The van der Waals surface area contributed by atoms with E-state index in [2.05, 4.69) is 10.1 Å². The number of nitrogens with zero attached hydrogens (tertiary/aromatic N) is 3. The van der Waals surface area contributed by atoms with Gasteiger partial charge in [0.05, 0.1) is 9.77 Å². The van der Waals surface area contributed by atoms with Crippen LogP contribution in [-0.4, -0.2) is 36.0 Å². The van der Waals surface area contributed by atoms with Gasteiger partial charge in [-0.05, 0) is 38.7 Å². The second kappa shape index (κ2) is 5.14. The zero-order valence-corrected chi connectivity index (χ0v) is 13.9. The first kappa shape index (κ1) is 14.3. The van der Waals surface area contributed by atoms with Crippen molar-refractivity contribution in [3.8, 4) is 10.7 Å². The number of hydrogen-bond acceptors (Lipinski definition) is 6. The molecule has 0 aromatic carbocycles. The van der Waals surface area contributed by atoms with E-state index in [-0.39, 0.29) is 0 Å². The Morgan fingerprint density at radius 1 is 1.32 bits per heavy atom. The summed E-state index contributed by atoms with van der Waals surface area (Å²) in [5.41, 5.74) is 0. The molecule has 0 amide bonds. The van der Waals surface area contributed by atoms with E-state index in [9.17, 15) is 8.42 Å². The van der Waals surface area contributed by atoms with Crippen molar-refractivity contribution in [1.82, 2.24) is 14.4 Å². The lowest BCUT2D eigenvalue weighted by Crippen LogP contribution is -2.27. The number of sulfonamides is 1. The fourth-order valence-electron chi connectivity index (χ4n) is 2.73. The summed E-state index contributed by atoms with van der Waals surface area (Å²) in [7, 11) is -3.40. The molecule has 2 fully saturated rings. The van der Waals surface area contributed by atoms with Crippen molar-refractivity contribution in [1.29, 1.82) is 0 Å². The first-order chi connectivity index (χ1) is 10.6. The quantitative estimate of drug-likeness (QED) is 0.856. The Hall–Kier alpha value is -1.25. The molecule has 1 saturated carbocycles. The van der Waals surface area contributed by atoms with E-state index in [4.69, 9.17) is 4.52 Å². The molecule has 1 aliphatic carbocycles. The first-order valence-corrected chi connectivity index (χ1v) is 9.76. The van der Waals surface area contributed by atoms with Crippen molar-refractivity contribution in [2.24, 2.45) is 0 Å². The van der Waals surface area contributed by atoms with Gasteiger partial charge in [-0.2, -0.15) is 9.29 Å². The van der Waals surface area contributed by atoms with Gasteiger partial charge in [-0.15, -0.1) is 11.3 Å². The van der Waals surface area contributed by atoms with Crippen LogP contribution in [0.5, 0.6) is 0 Å². The van der Waals surface area contributed by atoms with E-state index < -0.39 is 10.0 Å². The van der Waals surface area contributed by atoms with Crippen molar-refractivity contribution >= 4 is 21.4 Å². The predicted octanol–water partition coefficient (Wildman–Crippen LogP) is 2.77. The number of hydrogen-bond donors (Lipinski definition) is 0. The van der Waals surface area contributed by atoms with Gasteiger partial charge in [0.25, 0.3) is 0 Å². The highest BCUT2D eigenvalue weighted by atomic mass is 32.2. The molecule has 22 heavy (non-hydrogen) atoms. The monoisotopic (exact) mass is 339 g/mol.